The van der Waals surface area contributed by atoms with Gasteiger partial charge in [0, 0.05) is 26.1 Å². The molecule has 1 heterocycles. The van der Waals surface area contributed by atoms with E-state index in [9.17, 15) is 9.59 Å². The van der Waals surface area contributed by atoms with E-state index in [4.69, 9.17) is 4.74 Å². The number of hydrogen-bond acceptors (Lipinski definition) is 3. The minimum atomic E-state index is -0.442. The standard InChI is InChI=1S/C11H20N2O3/c1-11(2,16-3)6-10(15)13-8-4-5-9(14)12-7-8/h8H,4-7H2,1-3H3,(H,12,14)(H,13,15). The number of carbonyl (C=O) groups excluding carboxylic acids is 2. The average Bonchev–Trinajstić information content (AvgIpc) is 2.21. The van der Waals surface area contributed by atoms with Gasteiger partial charge in [-0.3, -0.25) is 9.59 Å². The zero-order valence-corrected chi connectivity index (χ0v) is 10.1. The summed E-state index contributed by atoms with van der Waals surface area (Å²) in [6.07, 6.45) is 1.53. The highest BCUT2D eigenvalue weighted by Gasteiger charge is 2.24. The first-order valence-electron chi connectivity index (χ1n) is 5.54. The minimum Gasteiger partial charge on any atom is -0.378 e. The number of rotatable bonds is 4. The highest BCUT2D eigenvalue weighted by Crippen LogP contribution is 2.13. The van der Waals surface area contributed by atoms with Crippen molar-refractivity contribution in [2.24, 2.45) is 0 Å². The van der Waals surface area contributed by atoms with E-state index in [0.29, 0.717) is 25.8 Å². The third-order valence-corrected chi connectivity index (χ3v) is 2.77. The van der Waals surface area contributed by atoms with Gasteiger partial charge in [0.05, 0.1) is 12.0 Å². The highest BCUT2D eigenvalue weighted by molar-refractivity contribution is 5.79. The summed E-state index contributed by atoms with van der Waals surface area (Å²) < 4.78 is 5.18. The van der Waals surface area contributed by atoms with Gasteiger partial charge in [0.25, 0.3) is 0 Å². The van der Waals surface area contributed by atoms with Crippen LogP contribution < -0.4 is 10.6 Å². The lowest BCUT2D eigenvalue weighted by Gasteiger charge is -2.26. The molecular weight excluding hydrogens is 208 g/mol. The Kier molecular flexibility index (Phi) is 4.29. The van der Waals surface area contributed by atoms with E-state index in [1.807, 2.05) is 13.8 Å². The van der Waals surface area contributed by atoms with Crippen molar-refractivity contribution in [3.05, 3.63) is 0 Å². The van der Waals surface area contributed by atoms with Gasteiger partial charge in [-0.25, -0.2) is 0 Å². The van der Waals surface area contributed by atoms with Crippen LogP contribution in [0.4, 0.5) is 0 Å². The number of piperidine rings is 1. The van der Waals surface area contributed by atoms with Gasteiger partial charge in [0.1, 0.15) is 0 Å². The Morgan fingerprint density at radius 1 is 1.62 bits per heavy atom. The Morgan fingerprint density at radius 2 is 2.31 bits per heavy atom. The molecule has 2 amide bonds. The summed E-state index contributed by atoms with van der Waals surface area (Å²) >= 11 is 0. The lowest BCUT2D eigenvalue weighted by molar-refractivity contribution is -0.128. The molecule has 0 aromatic rings. The largest absolute Gasteiger partial charge is 0.378 e. The molecule has 2 N–H and O–H groups in total. The number of nitrogens with one attached hydrogen (secondary N) is 2. The second-order valence-electron chi connectivity index (χ2n) is 4.75. The molecule has 0 saturated carbocycles. The lowest BCUT2D eigenvalue weighted by atomic mass is 10.0. The Balaban J connectivity index is 2.32. The molecule has 1 unspecified atom stereocenters. The molecule has 5 nitrogen and oxygen atoms in total. The summed E-state index contributed by atoms with van der Waals surface area (Å²) in [7, 11) is 1.59. The highest BCUT2D eigenvalue weighted by atomic mass is 16.5. The molecule has 1 rings (SSSR count). The van der Waals surface area contributed by atoms with Gasteiger partial charge in [-0.2, -0.15) is 0 Å². The van der Waals surface area contributed by atoms with Crippen molar-refractivity contribution < 1.29 is 14.3 Å². The lowest BCUT2D eigenvalue weighted by Crippen LogP contribution is -2.48. The van der Waals surface area contributed by atoms with Crippen LogP contribution in [0.25, 0.3) is 0 Å². The van der Waals surface area contributed by atoms with Crippen molar-refractivity contribution in [2.45, 2.75) is 44.8 Å². The SMILES string of the molecule is COC(C)(C)CC(=O)NC1CCC(=O)NC1. The van der Waals surface area contributed by atoms with Gasteiger partial charge in [-0.1, -0.05) is 0 Å². The molecule has 1 fully saturated rings. The maximum Gasteiger partial charge on any atom is 0.223 e. The number of amides is 2. The third kappa shape index (κ3) is 4.18. The molecule has 16 heavy (non-hydrogen) atoms. The van der Waals surface area contributed by atoms with E-state index in [1.54, 1.807) is 7.11 Å². The maximum atomic E-state index is 11.7. The molecule has 0 aliphatic carbocycles. The van der Waals surface area contributed by atoms with Crippen LogP contribution in [0, 0.1) is 0 Å². The smallest absolute Gasteiger partial charge is 0.223 e. The molecule has 1 atom stereocenters. The summed E-state index contributed by atoms with van der Waals surface area (Å²) in [4.78, 5) is 22.6. The van der Waals surface area contributed by atoms with Crippen LogP contribution in [0.2, 0.25) is 0 Å². The first-order valence-corrected chi connectivity index (χ1v) is 5.54. The second kappa shape index (κ2) is 5.30. The van der Waals surface area contributed by atoms with E-state index in [1.165, 1.54) is 0 Å². The van der Waals surface area contributed by atoms with Crippen molar-refractivity contribution >= 4 is 11.8 Å². The van der Waals surface area contributed by atoms with Crippen LogP contribution in [0.3, 0.4) is 0 Å². The topological polar surface area (TPSA) is 67.4 Å². The summed E-state index contributed by atoms with van der Waals surface area (Å²) in [5.41, 5.74) is -0.442. The van der Waals surface area contributed by atoms with Crippen molar-refractivity contribution in [3.8, 4) is 0 Å². The van der Waals surface area contributed by atoms with E-state index in [0.717, 1.165) is 0 Å². The van der Waals surface area contributed by atoms with Gasteiger partial charge in [0.2, 0.25) is 11.8 Å². The molecule has 1 aliphatic rings. The average molecular weight is 228 g/mol. The fourth-order valence-corrected chi connectivity index (χ4v) is 1.59. The van der Waals surface area contributed by atoms with Crippen LogP contribution in [-0.2, 0) is 14.3 Å². The molecule has 92 valence electrons. The fourth-order valence-electron chi connectivity index (χ4n) is 1.59. The number of hydrogen-bond donors (Lipinski definition) is 2. The molecule has 0 spiro atoms. The first-order chi connectivity index (χ1) is 7.43. The van der Waals surface area contributed by atoms with Gasteiger partial charge in [-0.15, -0.1) is 0 Å². The van der Waals surface area contributed by atoms with E-state index < -0.39 is 5.60 Å². The van der Waals surface area contributed by atoms with E-state index >= 15 is 0 Å². The van der Waals surface area contributed by atoms with Crippen LogP contribution >= 0.6 is 0 Å². The summed E-state index contributed by atoms with van der Waals surface area (Å²) in [6.45, 7) is 4.27. The second-order valence-corrected chi connectivity index (χ2v) is 4.75. The van der Waals surface area contributed by atoms with Crippen LogP contribution in [0.1, 0.15) is 33.1 Å². The normalized spacial score (nSPS) is 21.4. The Hall–Kier alpha value is -1.10. The summed E-state index contributed by atoms with van der Waals surface area (Å²) in [5.74, 6) is 0.0238. The predicted octanol–water partition coefficient (Wildman–Crippen LogP) is 0.196. The zero-order valence-electron chi connectivity index (χ0n) is 10.1. The molecule has 0 bridgehead atoms. The molecule has 1 aliphatic heterocycles. The molecule has 0 radical (unpaired) electrons. The van der Waals surface area contributed by atoms with Gasteiger partial charge in [-0.05, 0) is 20.3 Å². The number of ether oxygens (including phenoxy) is 1. The van der Waals surface area contributed by atoms with Crippen LogP contribution in [-0.4, -0.2) is 37.1 Å². The Labute approximate surface area is 95.9 Å². The van der Waals surface area contributed by atoms with Crippen molar-refractivity contribution in [2.75, 3.05) is 13.7 Å². The van der Waals surface area contributed by atoms with E-state index in [2.05, 4.69) is 10.6 Å². The quantitative estimate of drug-likeness (QED) is 0.722. The van der Waals surface area contributed by atoms with Crippen LogP contribution in [0.5, 0.6) is 0 Å². The van der Waals surface area contributed by atoms with Crippen molar-refractivity contribution in [1.82, 2.24) is 10.6 Å². The zero-order chi connectivity index (χ0) is 12.2. The monoisotopic (exact) mass is 228 g/mol. The Morgan fingerprint density at radius 3 is 2.81 bits per heavy atom. The summed E-state index contributed by atoms with van der Waals surface area (Å²) in [6, 6.07) is 0.0536. The fraction of sp³-hybridized carbons (Fsp3) is 0.818. The van der Waals surface area contributed by atoms with Crippen LogP contribution in [0.15, 0.2) is 0 Å². The molecule has 1 saturated heterocycles. The van der Waals surface area contributed by atoms with Gasteiger partial charge < -0.3 is 15.4 Å². The minimum absolute atomic E-state index is 0.0343. The maximum absolute atomic E-state index is 11.7. The van der Waals surface area contributed by atoms with Gasteiger partial charge >= 0.3 is 0 Å². The van der Waals surface area contributed by atoms with Crippen molar-refractivity contribution in [1.29, 1.82) is 0 Å². The summed E-state index contributed by atoms with van der Waals surface area (Å²) in [5, 5.41) is 5.63. The molecular formula is C11H20N2O3. The third-order valence-electron chi connectivity index (χ3n) is 2.77. The first kappa shape index (κ1) is 13.0. The number of methoxy groups -OCH3 is 1. The van der Waals surface area contributed by atoms with E-state index in [-0.39, 0.29) is 17.9 Å². The van der Waals surface area contributed by atoms with Gasteiger partial charge in [0.15, 0.2) is 0 Å². The molecule has 5 heteroatoms. The molecule has 0 aromatic heterocycles. The predicted molar refractivity (Wildman–Crippen MR) is 59.9 cm³/mol. The number of carbonyl (C=O) groups is 2. The Bertz CT molecular complexity index is 266. The molecule has 0 aromatic carbocycles. The van der Waals surface area contributed by atoms with Crippen molar-refractivity contribution in [3.63, 3.8) is 0 Å².